The predicted molar refractivity (Wildman–Crippen MR) is 80.7 cm³/mol. The molecule has 0 atom stereocenters. The Morgan fingerprint density at radius 1 is 1.25 bits per heavy atom. The number of hydrogen-bond donors (Lipinski definition) is 0. The topological polar surface area (TPSA) is 56.0 Å². The molecule has 1 saturated carbocycles. The van der Waals surface area contributed by atoms with Crippen LogP contribution in [0.2, 0.25) is 0 Å². The first-order valence-electron chi connectivity index (χ1n) is 6.60. The zero-order valence-electron chi connectivity index (χ0n) is 10.9. The molecule has 0 saturated heterocycles. The molecule has 0 aliphatic heterocycles. The van der Waals surface area contributed by atoms with Gasteiger partial charge in [0, 0.05) is 23.4 Å². The number of aromatic nitrogens is 1. The van der Waals surface area contributed by atoms with Crippen molar-refractivity contribution in [1.82, 2.24) is 4.98 Å². The fraction of sp³-hybridized carbons (Fsp3) is 0.267. The molecule has 0 unspecified atom stereocenters. The Hall–Kier alpha value is -2.01. The molecule has 0 N–H and O–H groups in total. The molecule has 1 aliphatic carbocycles. The van der Waals surface area contributed by atoms with Crippen molar-refractivity contribution < 1.29 is 4.92 Å². The maximum atomic E-state index is 10.6. The largest absolute Gasteiger partial charge is 0.269 e. The third-order valence-electron chi connectivity index (χ3n) is 3.59. The minimum Gasteiger partial charge on any atom is -0.258 e. The number of rotatable bonds is 4. The van der Waals surface area contributed by atoms with Crippen molar-refractivity contribution in [3.05, 3.63) is 56.0 Å². The molecule has 0 bridgehead atoms. The van der Waals surface area contributed by atoms with Gasteiger partial charge in [0.15, 0.2) is 0 Å². The molecule has 4 nitrogen and oxygen atoms in total. The second-order valence-corrected chi connectivity index (χ2v) is 5.81. The van der Waals surface area contributed by atoms with Crippen molar-refractivity contribution in [1.29, 1.82) is 0 Å². The van der Waals surface area contributed by atoms with Gasteiger partial charge < -0.3 is 0 Å². The van der Waals surface area contributed by atoms with Crippen molar-refractivity contribution in [2.75, 3.05) is 0 Å². The van der Waals surface area contributed by atoms with Crippen molar-refractivity contribution >= 4 is 29.2 Å². The van der Waals surface area contributed by atoms with Gasteiger partial charge in [-0.3, -0.25) is 10.1 Å². The van der Waals surface area contributed by atoms with Crippen molar-refractivity contribution in [3.63, 3.8) is 0 Å². The smallest absolute Gasteiger partial charge is 0.258 e. The van der Waals surface area contributed by atoms with E-state index in [-0.39, 0.29) is 10.6 Å². The Bertz CT molecular complexity index is 642. The molecule has 1 fully saturated rings. The first-order chi connectivity index (χ1) is 9.72. The maximum Gasteiger partial charge on any atom is 0.269 e. The number of thiazole rings is 1. The van der Waals surface area contributed by atoms with Gasteiger partial charge in [-0.25, -0.2) is 4.98 Å². The first kappa shape index (κ1) is 13.0. The predicted octanol–water partition coefficient (Wildman–Crippen LogP) is 4.49. The number of nitro groups is 1. The van der Waals surface area contributed by atoms with Crippen LogP contribution in [-0.4, -0.2) is 9.91 Å². The summed E-state index contributed by atoms with van der Waals surface area (Å²) in [7, 11) is 0. The third-order valence-corrected chi connectivity index (χ3v) is 4.41. The fourth-order valence-electron chi connectivity index (χ4n) is 2.14. The second kappa shape index (κ2) is 5.54. The summed E-state index contributed by atoms with van der Waals surface area (Å²) >= 11 is 1.65. The van der Waals surface area contributed by atoms with Gasteiger partial charge in [0.05, 0.1) is 10.6 Å². The van der Waals surface area contributed by atoms with E-state index in [4.69, 9.17) is 0 Å². The maximum absolute atomic E-state index is 10.6. The quantitative estimate of drug-likeness (QED) is 0.614. The molecule has 1 aliphatic rings. The highest BCUT2D eigenvalue weighted by Gasteiger charge is 2.21. The molecule has 0 spiro atoms. The molecule has 1 aromatic heterocycles. The van der Waals surface area contributed by atoms with Crippen LogP contribution >= 0.6 is 11.3 Å². The Morgan fingerprint density at radius 3 is 2.60 bits per heavy atom. The van der Waals surface area contributed by atoms with E-state index in [0.717, 1.165) is 10.6 Å². The SMILES string of the molecule is O=[N+]([O-])c1ccc(/C=C\c2nc(C3CCC3)cs2)cc1. The minimum atomic E-state index is -0.390. The van der Waals surface area contributed by atoms with E-state index in [9.17, 15) is 10.1 Å². The minimum absolute atomic E-state index is 0.115. The van der Waals surface area contributed by atoms with Crippen molar-refractivity contribution in [2.24, 2.45) is 0 Å². The van der Waals surface area contributed by atoms with Gasteiger partial charge >= 0.3 is 0 Å². The molecule has 0 amide bonds. The summed E-state index contributed by atoms with van der Waals surface area (Å²) in [6.07, 6.45) is 7.74. The molecule has 5 heteroatoms. The molecule has 102 valence electrons. The number of benzene rings is 1. The van der Waals surface area contributed by atoms with Gasteiger partial charge in [-0.05, 0) is 36.6 Å². The van der Waals surface area contributed by atoms with E-state index >= 15 is 0 Å². The van der Waals surface area contributed by atoms with Gasteiger partial charge in [0.2, 0.25) is 0 Å². The summed E-state index contributed by atoms with van der Waals surface area (Å²) in [5.74, 6) is 0.660. The molecule has 20 heavy (non-hydrogen) atoms. The first-order valence-corrected chi connectivity index (χ1v) is 7.48. The van der Waals surface area contributed by atoms with Gasteiger partial charge in [-0.2, -0.15) is 0 Å². The second-order valence-electron chi connectivity index (χ2n) is 4.92. The lowest BCUT2D eigenvalue weighted by Gasteiger charge is -2.22. The van der Waals surface area contributed by atoms with Crippen molar-refractivity contribution in [2.45, 2.75) is 25.2 Å². The highest BCUT2D eigenvalue weighted by molar-refractivity contribution is 7.10. The van der Waals surface area contributed by atoms with Crippen LogP contribution in [-0.2, 0) is 0 Å². The Balaban J connectivity index is 1.69. The van der Waals surface area contributed by atoms with Crippen LogP contribution in [0.15, 0.2) is 29.6 Å². The highest BCUT2D eigenvalue weighted by Crippen LogP contribution is 2.36. The van der Waals surface area contributed by atoms with Crippen LogP contribution in [0.4, 0.5) is 5.69 Å². The number of nitrogens with zero attached hydrogens (tertiary/aromatic N) is 2. The zero-order chi connectivity index (χ0) is 13.9. The monoisotopic (exact) mass is 286 g/mol. The molecule has 1 aromatic carbocycles. The average molecular weight is 286 g/mol. The summed E-state index contributed by atoms with van der Waals surface area (Å²) in [4.78, 5) is 14.8. The summed E-state index contributed by atoms with van der Waals surface area (Å²) in [6, 6.07) is 6.52. The van der Waals surface area contributed by atoms with Crippen LogP contribution in [0.3, 0.4) is 0 Å². The number of non-ortho nitro benzene ring substituents is 1. The van der Waals surface area contributed by atoms with E-state index in [1.54, 1.807) is 23.5 Å². The number of nitro benzene ring substituents is 1. The molecule has 1 heterocycles. The Labute approximate surface area is 120 Å². The highest BCUT2D eigenvalue weighted by atomic mass is 32.1. The van der Waals surface area contributed by atoms with Crippen molar-refractivity contribution in [3.8, 4) is 0 Å². The van der Waals surface area contributed by atoms with E-state index in [0.29, 0.717) is 5.92 Å². The van der Waals surface area contributed by atoms with E-state index in [2.05, 4.69) is 10.4 Å². The van der Waals surface area contributed by atoms with Gasteiger partial charge in [-0.15, -0.1) is 11.3 Å². The summed E-state index contributed by atoms with van der Waals surface area (Å²) < 4.78 is 0. The summed E-state index contributed by atoms with van der Waals surface area (Å²) in [5.41, 5.74) is 2.27. The lowest BCUT2D eigenvalue weighted by atomic mass is 9.83. The van der Waals surface area contributed by atoms with Crippen LogP contribution in [0.5, 0.6) is 0 Å². The van der Waals surface area contributed by atoms with Crippen LogP contribution < -0.4 is 0 Å². The fourth-order valence-corrected chi connectivity index (χ4v) is 2.93. The Kier molecular flexibility index (Phi) is 3.60. The van der Waals surface area contributed by atoms with Gasteiger partial charge in [0.1, 0.15) is 5.01 Å². The van der Waals surface area contributed by atoms with Gasteiger partial charge in [0.25, 0.3) is 5.69 Å². The zero-order valence-corrected chi connectivity index (χ0v) is 11.7. The lowest BCUT2D eigenvalue weighted by Crippen LogP contribution is -2.08. The third kappa shape index (κ3) is 2.77. The molecule has 3 rings (SSSR count). The molecular weight excluding hydrogens is 272 g/mol. The van der Waals surface area contributed by atoms with Crippen LogP contribution in [0, 0.1) is 10.1 Å². The molecule has 2 aromatic rings. The summed E-state index contributed by atoms with van der Waals surface area (Å²) in [5, 5.41) is 13.7. The van der Waals surface area contributed by atoms with E-state index in [1.165, 1.54) is 37.1 Å². The standard InChI is InChI=1S/C15H14N2O2S/c18-17(19)13-7-4-11(5-8-13)6-9-15-16-14(10-20-15)12-2-1-3-12/h4-10,12H,1-3H2/b9-6-. The molecule has 0 radical (unpaired) electrons. The summed E-state index contributed by atoms with van der Waals surface area (Å²) in [6.45, 7) is 0. The number of hydrogen-bond acceptors (Lipinski definition) is 4. The normalized spacial score (nSPS) is 15.4. The molecular formula is C15H14N2O2S. The van der Waals surface area contributed by atoms with Gasteiger partial charge in [-0.1, -0.05) is 12.5 Å². The van der Waals surface area contributed by atoms with E-state index in [1.807, 2.05) is 12.2 Å². The lowest BCUT2D eigenvalue weighted by molar-refractivity contribution is -0.384. The van der Waals surface area contributed by atoms with Crippen LogP contribution in [0.1, 0.15) is 41.4 Å². The average Bonchev–Trinajstić information content (AvgIpc) is 2.83. The van der Waals surface area contributed by atoms with E-state index < -0.39 is 0 Å². The van der Waals surface area contributed by atoms with Crippen LogP contribution in [0.25, 0.3) is 12.2 Å². The Morgan fingerprint density at radius 2 is 2.00 bits per heavy atom.